The van der Waals surface area contributed by atoms with Crippen LogP contribution < -0.4 is 0 Å². The summed E-state index contributed by atoms with van der Waals surface area (Å²) in [5.74, 6) is -2.96. The van der Waals surface area contributed by atoms with Crippen LogP contribution in [0.3, 0.4) is 0 Å². The molecule has 29 heavy (non-hydrogen) atoms. The van der Waals surface area contributed by atoms with Gasteiger partial charge in [0.15, 0.2) is 0 Å². The Morgan fingerprint density at radius 1 is 0.897 bits per heavy atom. The Hall–Kier alpha value is -2.91. The number of imide groups is 1. The van der Waals surface area contributed by atoms with Gasteiger partial charge >= 0.3 is 12.1 Å². The average molecular weight is 411 g/mol. The van der Waals surface area contributed by atoms with E-state index in [1.165, 1.54) is 4.90 Å². The highest BCUT2D eigenvalue weighted by molar-refractivity contribution is 6.21. The molecule has 0 bridgehead atoms. The first-order chi connectivity index (χ1) is 13.7. The minimum Gasteiger partial charge on any atom is -0.341 e. The van der Waals surface area contributed by atoms with Crippen molar-refractivity contribution in [3.63, 3.8) is 0 Å². The summed E-state index contributed by atoms with van der Waals surface area (Å²) in [7, 11) is 0. The maximum atomic E-state index is 12.6. The number of alkyl halides is 3. The van der Waals surface area contributed by atoms with E-state index in [-0.39, 0.29) is 57.9 Å². The van der Waals surface area contributed by atoms with Gasteiger partial charge < -0.3 is 9.80 Å². The zero-order valence-electron chi connectivity index (χ0n) is 15.6. The molecule has 156 valence electrons. The first kappa shape index (κ1) is 20.8. The lowest BCUT2D eigenvalue weighted by Crippen LogP contribution is -2.43. The van der Waals surface area contributed by atoms with E-state index in [4.69, 9.17) is 0 Å². The van der Waals surface area contributed by atoms with E-state index in [1.54, 1.807) is 24.3 Å². The summed E-state index contributed by atoms with van der Waals surface area (Å²) >= 11 is 0. The SMILES string of the molecule is O=C(CCCN1C(=O)c2ccccc2C1=O)N1CCCN(C(=O)C(F)(F)F)CC1. The van der Waals surface area contributed by atoms with E-state index in [0.717, 1.165) is 4.90 Å². The lowest BCUT2D eigenvalue weighted by atomic mass is 10.1. The molecule has 1 aromatic rings. The molecular formula is C19H20F3N3O4. The lowest BCUT2D eigenvalue weighted by Gasteiger charge is -2.23. The second-order valence-corrected chi connectivity index (χ2v) is 6.94. The molecular weight excluding hydrogens is 391 g/mol. The quantitative estimate of drug-likeness (QED) is 0.707. The topological polar surface area (TPSA) is 78.0 Å². The molecule has 2 aliphatic rings. The normalized spacial score (nSPS) is 17.4. The fourth-order valence-electron chi connectivity index (χ4n) is 3.54. The van der Waals surface area contributed by atoms with Crippen molar-refractivity contribution in [2.45, 2.75) is 25.4 Å². The minimum atomic E-state index is -4.93. The maximum Gasteiger partial charge on any atom is 0.471 e. The molecule has 0 atom stereocenters. The van der Waals surface area contributed by atoms with Crippen LogP contribution in [0.15, 0.2) is 24.3 Å². The van der Waals surface area contributed by atoms with Crippen molar-refractivity contribution in [2.75, 3.05) is 32.7 Å². The lowest BCUT2D eigenvalue weighted by molar-refractivity contribution is -0.185. The monoisotopic (exact) mass is 411 g/mol. The minimum absolute atomic E-state index is 0.0215. The zero-order chi connectivity index (χ0) is 21.2. The highest BCUT2D eigenvalue weighted by Gasteiger charge is 2.42. The van der Waals surface area contributed by atoms with Crippen molar-refractivity contribution in [1.82, 2.24) is 14.7 Å². The number of carbonyl (C=O) groups is 4. The molecule has 2 heterocycles. The molecule has 10 heteroatoms. The van der Waals surface area contributed by atoms with Gasteiger partial charge in [-0.3, -0.25) is 24.1 Å². The van der Waals surface area contributed by atoms with Crippen LogP contribution in [0, 0.1) is 0 Å². The van der Waals surface area contributed by atoms with Crippen molar-refractivity contribution < 1.29 is 32.3 Å². The van der Waals surface area contributed by atoms with E-state index in [9.17, 15) is 32.3 Å². The third-order valence-corrected chi connectivity index (χ3v) is 5.03. The number of hydrogen-bond acceptors (Lipinski definition) is 4. The molecule has 0 aromatic heterocycles. The van der Waals surface area contributed by atoms with Crippen LogP contribution in [0.4, 0.5) is 13.2 Å². The van der Waals surface area contributed by atoms with Gasteiger partial charge in [0.25, 0.3) is 11.8 Å². The largest absolute Gasteiger partial charge is 0.471 e. The standard InChI is InChI=1S/C19H20F3N3O4/c20-19(21,22)18(29)24-9-4-8-23(11-12-24)15(26)7-3-10-25-16(27)13-5-1-2-6-14(13)17(25)28/h1-2,5-6H,3-4,7-12H2. The Balaban J connectivity index is 1.49. The summed E-state index contributed by atoms with van der Waals surface area (Å²) in [6, 6.07) is 6.49. The second-order valence-electron chi connectivity index (χ2n) is 6.94. The molecule has 0 aliphatic carbocycles. The molecule has 1 saturated heterocycles. The number of hydrogen-bond donors (Lipinski definition) is 0. The fourth-order valence-corrected chi connectivity index (χ4v) is 3.54. The van der Waals surface area contributed by atoms with Crippen molar-refractivity contribution in [3.05, 3.63) is 35.4 Å². The molecule has 0 saturated carbocycles. The fraction of sp³-hybridized carbons (Fsp3) is 0.474. The van der Waals surface area contributed by atoms with Gasteiger partial charge in [0.05, 0.1) is 11.1 Å². The predicted molar refractivity (Wildman–Crippen MR) is 94.9 cm³/mol. The summed E-state index contributed by atoms with van der Waals surface area (Å²) in [6.07, 6.45) is -4.36. The number of halogens is 3. The Labute approximate surface area is 165 Å². The molecule has 0 spiro atoms. The first-order valence-corrected chi connectivity index (χ1v) is 9.29. The van der Waals surface area contributed by atoms with Crippen LogP contribution in [0.1, 0.15) is 40.0 Å². The van der Waals surface area contributed by atoms with E-state index < -0.39 is 23.9 Å². The van der Waals surface area contributed by atoms with Crippen LogP contribution in [-0.2, 0) is 9.59 Å². The van der Waals surface area contributed by atoms with E-state index >= 15 is 0 Å². The van der Waals surface area contributed by atoms with E-state index in [2.05, 4.69) is 0 Å². The molecule has 0 radical (unpaired) electrons. The van der Waals surface area contributed by atoms with Crippen molar-refractivity contribution >= 4 is 23.6 Å². The third kappa shape index (κ3) is 4.41. The van der Waals surface area contributed by atoms with Crippen LogP contribution in [0.5, 0.6) is 0 Å². The van der Waals surface area contributed by atoms with Gasteiger partial charge in [-0.2, -0.15) is 13.2 Å². The first-order valence-electron chi connectivity index (χ1n) is 9.29. The number of nitrogens with zero attached hydrogens (tertiary/aromatic N) is 3. The smallest absolute Gasteiger partial charge is 0.341 e. The number of amides is 4. The van der Waals surface area contributed by atoms with Crippen LogP contribution >= 0.6 is 0 Å². The molecule has 1 fully saturated rings. The number of benzene rings is 1. The molecule has 0 N–H and O–H groups in total. The predicted octanol–water partition coefficient (Wildman–Crippen LogP) is 1.69. The van der Waals surface area contributed by atoms with Gasteiger partial charge in [-0.25, -0.2) is 0 Å². The maximum absolute atomic E-state index is 12.6. The summed E-state index contributed by atoms with van der Waals surface area (Å²) in [5, 5.41) is 0. The molecule has 7 nitrogen and oxygen atoms in total. The number of carbonyl (C=O) groups excluding carboxylic acids is 4. The Bertz CT molecular complexity index is 805. The zero-order valence-corrected chi connectivity index (χ0v) is 15.6. The van der Waals surface area contributed by atoms with Crippen LogP contribution in [-0.4, -0.2) is 77.2 Å². The average Bonchev–Trinajstić information content (AvgIpc) is 2.85. The Morgan fingerprint density at radius 2 is 1.45 bits per heavy atom. The van der Waals surface area contributed by atoms with E-state index in [0.29, 0.717) is 16.0 Å². The van der Waals surface area contributed by atoms with Gasteiger partial charge in [0.1, 0.15) is 0 Å². The Kier molecular flexibility index (Phi) is 5.90. The van der Waals surface area contributed by atoms with Gasteiger partial charge in [0, 0.05) is 39.1 Å². The molecule has 0 unspecified atom stereocenters. The second kappa shape index (κ2) is 8.22. The van der Waals surface area contributed by atoms with Crippen molar-refractivity contribution in [1.29, 1.82) is 0 Å². The molecule has 4 amide bonds. The summed E-state index contributed by atoms with van der Waals surface area (Å²) < 4.78 is 37.7. The Morgan fingerprint density at radius 3 is 2.03 bits per heavy atom. The highest BCUT2D eigenvalue weighted by Crippen LogP contribution is 2.23. The molecule has 1 aromatic carbocycles. The van der Waals surface area contributed by atoms with Crippen molar-refractivity contribution in [2.24, 2.45) is 0 Å². The van der Waals surface area contributed by atoms with Gasteiger partial charge in [0.2, 0.25) is 5.91 Å². The highest BCUT2D eigenvalue weighted by atomic mass is 19.4. The van der Waals surface area contributed by atoms with Crippen molar-refractivity contribution in [3.8, 4) is 0 Å². The number of rotatable bonds is 4. The summed E-state index contributed by atoms with van der Waals surface area (Å²) in [6.45, 7) is 0.130. The van der Waals surface area contributed by atoms with Crippen LogP contribution in [0.2, 0.25) is 0 Å². The molecule has 2 aliphatic heterocycles. The van der Waals surface area contributed by atoms with Gasteiger partial charge in [-0.15, -0.1) is 0 Å². The third-order valence-electron chi connectivity index (χ3n) is 5.03. The van der Waals surface area contributed by atoms with Crippen LogP contribution in [0.25, 0.3) is 0 Å². The number of fused-ring (bicyclic) bond motifs is 1. The van der Waals surface area contributed by atoms with Gasteiger partial charge in [-0.1, -0.05) is 12.1 Å². The van der Waals surface area contributed by atoms with Gasteiger partial charge in [-0.05, 0) is 25.0 Å². The molecule has 3 rings (SSSR count). The summed E-state index contributed by atoms with van der Waals surface area (Å²) in [4.78, 5) is 51.6. The summed E-state index contributed by atoms with van der Waals surface area (Å²) in [5.41, 5.74) is 0.677. The van der Waals surface area contributed by atoms with E-state index in [1.807, 2.05) is 0 Å².